The van der Waals surface area contributed by atoms with Crippen LogP contribution >= 0.6 is 0 Å². The molecule has 152 valence electrons. The highest BCUT2D eigenvalue weighted by Crippen LogP contribution is 2.24. The predicted molar refractivity (Wildman–Crippen MR) is 107 cm³/mol. The van der Waals surface area contributed by atoms with Gasteiger partial charge in [0.15, 0.2) is 5.78 Å². The summed E-state index contributed by atoms with van der Waals surface area (Å²) in [5.74, 6) is -0.881. The van der Waals surface area contributed by atoms with Gasteiger partial charge in [0.25, 0.3) is 5.91 Å². The quantitative estimate of drug-likeness (QED) is 0.365. The number of amides is 4. The molecule has 1 heterocycles. The molecule has 2 rings (SSSR count). The third kappa shape index (κ3) is 5.41. The van der Waals surface area contributed by atoms with Crippen molar-refractivity contribution < 1.29 is 19.2 Å². The fraction of sp³-hybridized carbons (Fsp3) is 0.524. The lowest BCUT2D eigenvalue weighted by Crippen LogP contribution is -2.44. The minimum Gasteiger partial charge on any atom is -0.326 e. The highest BCUT2D eigenvalue weighted by Gasteiger charge is 2.47. The van der Waals surface area contributed by atoms with Crippen molar-refractivity contribution in [3.05, 3.63) is 29.8 Å². The largest absolute Gasteiger partial charge is 0.326 e. The van der Waals surface area contributed by atoms with Gasteiger partial charge >= 0.3 is 6.03 Å². The van der Waals surface area contributed by atoms with Gasteiger partial charge in [-0.3, -0.25) is 19.3 Å². The molecule has 1 fully saturated rings. The standard InChI is InChI=1S/C21H29N3O4/c1-4-5-6-7-8-13-21(3)19(27)24(20(28)23-21)14-18(26)16-9-11-17(12-10-16)22-15(2)25/h9-12H,4-8,13-14H2,1-3H3,(H,22,25)(H,23,28)/t21-/m0/s1. The molecule has 0 bridgehead atoms. The lowest BCUT2D eigenvalue weighted by Gasteiger charge is -2.21. The summed E-state index contributed by atoms with van der Waals surface area (Å²) in [5, 5.41) is 5.37. The van der Waals surface area contributed by atoms with Crippen LogP contribution in [-0.2, 0) is 9.59 Å². The molecule has 0 aromatic heterocycles. The summed E-state index contributed by atoms with van der Waals surface area (Å²) in [7, 11) is 0. The molecule has 0 saturated carbocycles. The van der Waals surface area contributed by atoms with Gasteiger partial charge in [-0.25, -0.2) is 4.79 Å². The van der Waals surface area contributed by atoms with Gasteiger partial charge in [0.2, 0.25) is 5.91 Å². The number of hydrogen-bond acceptors (Lipinski definition) is 4. The molecule has 0 aliphatic carbocycles. The van der Waals surface area contributed by atoms with Crippen molar-refractivity contribution in [2.75, 3.05) is 11.9 Å². The Labute approximate surface area is 165 Å². The van der Waals surface area contributed by atoms with Crippen LogP contribution in [0.3, 0.4) is 0 Å². The summed E-state index contributed by atoms with van der Waals surface area (Å²) in [6.45, 7) is 4.97. The molecule has 1 aliphatic rings. The van der Waals surface area contributed by atoms with Crippen LogP contribution < -0.4 is 10.6 Å². The van der Waals surface area contributed by atoms with E-state index in [9.17, 15) is 19.2 Å². The fourth-order valence-corrected chi connectivity index (χ4v) is 3.32. The van der Waals surface area contributed by atoms with Gasteiger partial charge in [-0.2, -0.15) is 0 Å². The van der Waals surface area contributed by atoms with Crippen molar-refractivity contribution in [3.63, 3.8) is 0 Å². The van der Waals surface area contributed by atoms with E-state index in [4.69, 9.17) is 0 Å². The van der Waals surface area contributed by atoms with Crippen LogP contribution in [-0.4, -0.2) is 40.6 Å². The smallest absolute Gasteiger partial charge is 0.325 e. The molecule has 0 unspecified atom stereocenters. The van der Waals surface area contributed by atoms with Crippen LogP contribution in [0.25, 0.3) is 0 Å². The number of Topliss-reactive ketones (excluding diaryl/α,β-unsaturated/α-hetero) is 1. The Kier molecular flexibility index (Phi) is 7.31. The van der Waals surface area contributed by atoms with Gasteiger partial charge < -0.3 is 10.6 Å². The van der Waals surface area contributed by atoms with Gasteiger partial charge in [-0.05, 0) is 37.6 Å². The van der Waals surface area contributed by atoms with E-state index in [-0.39, 0.29) is 24.1 Å². The Hall–Kier alpha value is -2.70. The highest BCUT2D eigenvalue weighted by molar-refractivity contribution is 6.11. The number of imide groups is 1. The maximum Gasteiger partial charge on any atom is 0.325 e. The van der Waals surface area contributed by atoms with E-state index in [0.717, 1.165) is 30.6 Å². The second-order valence-electron chi connectivity index (χ2n) is 7.50. The number of carbonyl (C=O) groups excluding carboxylic acids is 4. The second-order valence-corrected chi connectivity index (χ2v) is 7.50. The van der Waals surface area contributed by atoms with Crippen LogP contribution in [0.15, 0.2) is 24.3 Å². The van der Waals surface area contributed by atoms with Gasteiger partial charge in [-0.15, -0.1) is 0 Å². The first kappa shape index (κ1) is 21.6. The van der Waals surface area contributed by atoms with E-state index in [0.29, 0.717) is 17.7 Å². The Balaban J connectivity index is 1.95. The molecule has 0 spiro atoms. The van der Waals surface area contributed by atoms with E-state index in [1.807, 2.05) is 0 Å². The zero-order valence-corrected chi connectivity index (χ0v) is 16.8. The summed E-state index contributed by atoms with van der Waals surface area (Å²) in [5.41, 5.74) is 0.0105. The summed E-state index contributed by atoms with van der Waals surface area (Å²) in [6, 6.07) is 5.84. The van der Waals surface area contributed by atoms with Crippen molar-refractivity contribution in [3.8, 4) is 0 Å². The number of hydrogen-bond donors (Lipinski definition) is 2. The minimum atomic E-state index is -0.946. The van der Waals surface area contributed by atoms with E-state index < -0.39 is 11.6 Å². The third-order valence-corrected chi connectivity index (χ3v) is 4.95. The SMILES string of the molecule is CCCCCCC[C@]1(C)NC(=O)N(CC(=O)c2ccc(NC(C)=O)cc2)C1=O. The van der Waals surface area contributed by atoms with Gasteiger partial charge in [0, 0.05) is 18.2 Å². The number of unbranched alkanes of at least 4 members (excludes halogenated alkanes) is 4. The number of ketones is 1. The van der Waals surface area contributed by atoms with Gasteiger partial charge in [0.1, 0.15) is 5.54 Å². The van der Waals surface area contributed by atoms with Crippen molar-refractivity contribution in [2.24, 2.45) is 0 Å². The number of anilines is 1. The first-order valence-corrected chi connectivity index (χ1v) is 9.82. The van der Waals surface area contributed by atoms with E-state index in [1.165, 1.54) is 13.3 Å². The molecule has 2 N–H and O–H groups in total. The molecule has 28 heavy (non-hydrogen) atoms. The number of nitrogens with one attached hydrogen (secondary N) is 2. The van der Waals surface area contributed by atoms with Crippen molar-refractivity contribution in [2.45, 2.75) is 64.8 Å². The van der Waals surface area contributed by atoms with Crippen LogP contribution in [0.2, 0.25) is 0 Å². The van der Waals surface area contributed by atoms with Crippen LogP contribution in [0.5, 0.6) is 0 Å². The predicted octanol–water partition coefficient (Wildman–Crippen LogP) is 3.50. The molecular formula is C21H29N3O4. The molecule has 4 amide bonds. The molecule has 1 saturated heterocycles. The number of urea groups is 1. The monoisotopic (exact) mass is 387 g/mol. The number of benzene rings is 1. The Bertz CT molecular complexity index is 745. The number of carbonyl (C=O) groups is 4. The zero-order chi connectivity index (χ0) is 20.7. The van der Waals surface area contributed by atoms with Crippen molar-refractivity contribution in [1.82, 2.24) is 10.2 Å². The third-order valence-electron chi connectivity index (χ3n) is 4.95. The van der Waals surface area contributed by atoms with E-state index in [1.54, 1.807) is 31.2 Å². The molecule has 7 heteroatoms. The molecule has 1 aliphatic heterocycles. The Morgan fingerprint density at radius 2 is 1.71 bits per heavy atom. The van der Waals surface area contributed by atoms with Gasteiger partial charge in [-0.1, -0.05) is 39.0 Å². The molecular weight excluding hydrogens is 358 g/mol. The summed E-state index contributed by atoms with van der Waals surface area (Å²) in [4.78, 5) is 49.6. The van der Waals surface area contributed by atoms with Crippen molar-refractivity contribution in [1.29, 1.82) is 0 Å². The molecule has 1 aromatic carbocycles. The molecule has 0 radical (unpaired) electrons. The maximum absolute atomic E-state index is 12.7. The van der Waals surface area contributed by atoms with E-state index in [2.05, 4.69) is 17.6 Å². The average molecular weight is 387 g/mol. The summed E-state index contributed by atoms with van der Waals surface area (Å²) >= 11 is 0. The van der Waals surface area contributed by atoms with Gasteiger partial charge in [0.05, 0.1) is 6.54 Å². The molecule has 1 atom stereocenters. The molecule has 7 nitrogen and oxygen atoms in total. The number of rotatable bonds is 10. The van der Waals surface area contributed by atoms with Crippen molar-refractivity contribution >= 4 is 29.3 Å². The highest BCUT2D eigenvalue weighted by atomic mass is 16.2. The minimum absolute atomic E-state index is 0.201. The maximum atomic E-state index is 12.7. The zero-order valence-electron chi connectivity index (χ0n) is 16.8. The molecule has 1 aromatic rings. The number of nitrogens with zero attached hydrogens (tertiary/aromatic N) is 1. The lowest BCUT2D eigenvalue weighted by atomic mass is 9.94. The first-order chi connectivity index (χ1) is 13.3. The lowest BCUT2D eigenvalue weighted by molar-refractivity contribution is -0.130. The first-order valence-electron chi connectivity index (χ1n) is 9.82. The Morgan fingerprint density at radius 1 is 1.07 bits per heavy atom. The normalized spacial score (nSPS) is 18.9. The topological polar surface area (TPSA) is 95.6 Å². The Morgan fingerprint density at radius 3 is 2.32 bits per heavy atom. The summed E-state index contributed by atoms with van der Waals surface area (Å²) < 4.78 is 0. The van der Waals surface area contributed by atoms with Crippen LogP contribution in [0.4, 0.5) is 10.5 Å². The van der Waals surface area contributed by atoms with Crippen LogP contribution in [0, 0.1) is 0 Å². The average Bonchev–Trinajstić information content (AvgIpc) is 2.85. The van der Waals surface area contributed by atoms with E-state index >= 15 is 0 Å². The summed E-state index contributed by atoms with van der Waals surface area (Å²) in [6.07, 6.45) is 5.87. The second kappa shape index (κ2) is 9.48. The van der Waals surface area contributed by atoms with Crippen LogP contribution in [0.1, 0.15) is 69.7 Å². The fourth-order valence-electron chi connectivity index (χ4n) is 3.32.